The van der Waals surface area contributed by atoms with Crippen molar-refractivity contribution in [2.75, 3.05) is 32.7 Å². The average Bonchev–Trinajstić information content (AvgIpc) is 2.47. The van der Waals surface area contributed by atoms with Crippen LogP contribution in [-0.2, 0) is 0 Å². The highest BCUT2D eigenvalue weighted by Gasteiger charge is 2.30. The predicted octanol–water partition coefficient (Wildman–Crippen LogP) is 2.32. The fourth-order valence-corrected chi connectivity index (χ4v) is 3.62. The maximum absolute atomic E-state index is 3.73. The number of nitrogens with zero attached hydrogens (tertiary/aromatic N) is 2. The first kappa shape index (κ1) is 15.3. The molecule has 112 valence electrons. The van der Waals surface area contributed by atoms with Crippen molar-refractivity contribution < 1.29 is 0 Å². The van der Waals surface area contributed by atoms with Crippen LogP contribution < -0.4 is 5.32 Å². The lowest BCUT2D eigenvalue weighted by Crippen LogP contribution is -2.58. The van der Waals surface area contributed by atoms with Crippen LogP contribution in [0.3, 0.4) is 0 Å². The van der Waals surface area contributed by atoms with Crippen LogP contribution in [0.15, 0.2) is 0 Å². The van der Waals surface area contributed by atoms with E-state index in [4.69, 9.17) is 0 Å². The molecule has 0 aromatic carbocycles. The Morgan fingerprint density at radius 2 is 1.89 bits per heavy atom. The SMILES string of the molecule is CCC(CC)NCC(C)N1CCN2CCCCC2C1. The molecule has 2 fully saturated rings. The first-order valence-electron chi connectivity index (χ1n) is 8.46. The van der Waals surface area contributed by atoms with Crippen LogP contribution >= 0.6 is 0 Å². The molecule has 0 amide bonds. The van der Waals surface area contributed by atoms with Gasteiger partial charge in [0, 0.05) is 44.3 Å². The van der Waals surface area contributed by atoms with Crippen LogP contribution in [0.1, 0.15) is 52.9 Å². The van der Waals surface area contributed by atoms with E-state index in [-0.39, 0.29) is 0 Å². The monoisotopic (exact) mass is 267 g/mol. The topological polar surface area (TPSA) is 18.5 Å². The van der Waals surface area contributed by atoms with E-state index in [0.717, 1.165) is 12.6 Å². The molecule has 2 aliphatic rings. The standard InChI is InChI=1S/C16H33N3/c1-4-15(5-2)17-12-14(3)19-11-10-18-9-7-6-8-16(18)13-19/h14-17H,4-13H2,1-3H3. The van der Waals surface area contributed by atoms with Gasteiger partial charge in [-0.2, -0.15) is 0 Å². The zero-order chi connectivity index (χ0) is 13.7. The van der Waals surface area contributed by atoms with E-state index >= 15 is 0 Å². The van der Waals surface area contributed by atoms with Crippen LogP contribution in [-0.4, -0.2) is 60.6 Å². The number of fused-ring (bicyclic) bond motifs is 1. The van der Waals surface area contributed by atoms with Crippen molar-refractivity contribution >= 4 is 0 Å². The zero-order valence-corrected chi connectivity index (χ0v) is 13.2. The van der Waals surface area contributed by atoms with Gasteiger partial charge < -0.3 is 5.32 Å². The second-order valence-corrected chi connectivity index (χ2v) is 6.45. The molecule has 3 heteroatoms. The fourth-order valence-electron chi connectivity index (χ4n) is 3.62. The molecule has 0 bridgehead atoms. The third-order valence-electron chi connectivity index (χ3n) is 5.18. The summed E-state index contributed by atoms with van der Waals surface area (Å²) in [7, 11) is 0. The number of hydrogen-bond acceptors (Lipinski definition) is 3. The van der Waals surface area contributed by atoms with Gasteiger partial charge in [-0.15, -0.1) is 0 Å². The van der Waals surface area contributed by atoms with E-state index < -0.39 is 0 Å². The molecule has 3 nitrogen and oxygen atoms in total. The highest BCUT2D eigenvalue weighted by Crippen LogP contribution is 2.22. The summed E-state index contributed by atoms with van der Waals surface area (Å²) in [4.78, 5) is 5.43. The summed E-state index contributed by atoms with van der Waals surface area (Å²) in [6.45, 7) is 13.3. The highest BCUT2D eigenvalue weighted by atomic mass is 15.3. The summed E-state index contributed by atoms with van der Waals surface area (Å²) in [5, 5.41) is 3.73. The van der Waals surface area contributed by atoms with E-state index in [0.29, 0.717) is 12.1 Å². The summed E-state index contributed by atoms with van der Waals surface area (Å²) in [5.74, 6) is 0. The van der Waals surface area contributed by atoms with Crippen LogP contribution in [0.25, 0.3) is 0 Å². The number of hydrogen-bond donors (Lipinski definition) is 1. The van der Waals surface area contributed by atoms with Crippen molar-refractivity contribution in [1.29, 1.82) is 0 Å². The summed E-state index contributed by atoms with van der Waals surface area (Å²) >= 11 is 0. The molecule has 0 saturated carbocycles. The van der Waals surface area contributed by atoms with Crippen molar-refractivity contribution in [3.63, 3.8) is 0 Å². The second kappa shape index (κ2) is 7.61. The Labute approximate surface area is 119 Å². The molecular weight excluding hydrogens is 234 g/mol. The van der Waals surface area contributed by atoms with Crippen molar-refractivity contribution in [3.8, 4) is 0 Å². The van der Waals surface area contributed by atoms with Gasteiger partial charge >= 0.3 is 0 Å². The molecule has 0 radical (unpaired) electrons. The van der Waals surface area contributed by atoms with Crippen LogP contribution in [0, 0.1) is 0 Å². The molecule has 2 saturated heterocycles. The molecule has 2 aliphatic heterocycles. The molecule has 2 atom stereocenters. The first-order chi connectivity index (χ1) is 9.24. The molecule has 2 heterocycles. The second-order valence-electron chi connectivity index (χ2n) is 6.45. The van der Waals surface area contributed by atoms with Gasteiger partial charge in [-0.05, 0) is 39.2 Å². The molecule has 0 spiro atoms. The molecule has 1 N–H and O–H groups in total. The number of piperidine rings is 1. The minimum atomic E-state index is 0.685. The summed E-state index contributed by atoms with van der Waals surface area (Å²) in [5.41, 5.74) is 0. The molecule has 2 unspecified atom stereocenters. The van der Waals surface area contributed by atoms with Crippen LogP contribution in [0.4, 0.5) is 0 Å². The Bertz CT molecular complexity index is 252. The van der Waals surface area contributed by atoms with E-state index in [1.54, 1.807) is 0 Å². The van der Waals surface area contributed by atoms with Crippen molar-refractivity contribution in [1.82, 2.24) is 15.1 Å². The molecular formula is C16H33N3. The van der Waals surface area contributed by atoms with Gasteiger partial charge in [0.05, 0.1) is 0 Å². The molecule has 2 rings (SSSR count). The van der Waals surface area contributed by atoms with Crippen molar-refractivity contribution in [2.45, 2.75) is 71.0 Å². The number of rotatable bonds is 6. The van der Waals surface area contributed by atoms with Gasteiger partial charge in [-0.25, -0.2) is 0 Å². The quantitative estimate of drug-likeness (QED) is 0.797. The van der Waals surface area contributed by atoms with Crippen LogP contribution in [0.5, 0.6) is 0 Å². The molecule has 19 heavy (non-hydrogen) atoms. The average molecular weight is 267 g/mol. The Hall–Kier alpha value is -0.120. The summed E-state index contributed by atoms with van der Waals surface area (Å²) in [6.07, 6.45) is 6.78. The number of nitrogens with one attached hydrogen (secondary N) is 1. The Balaban J connectivity index is 1.75. The minimum Gasteiger partial charge on any atom is -0.312 e. The van der Waals surface area contributed by atoms with Gasteiger partial charge in [-0.3, -0.25) is 9.80 Å². The smallest absolute Gasteiger partial charge is 0.0223 e. The van der Waals surface area contributed by atoms with E-state index in [1.165, 1.54) is 58.3 Å². The Kier molecular flexibility index (Phi) is 6.11. The third-order valence-corrected chi connectivity index (χ3v) is 5.18. The van der Waals surface area contributed by atoms with Gasteiger partial charge in [-0.1, -0.05) is 20.3 Å². The fraction of sp³-hybridized carbons (Fsp3) is 1.00. The maximum Gasteiger partial charge on any atom is 0.0223 e. The Morgan fingerprint density at radius 3 is 2.63 bits per heavy atom. The number of piperazine rings is 1. The largest absolute Gasteiger partial charge is 0.312 e. The first-order valence-corrected chi connectivity index (χ1v) is 8.46. The minimum absolute atomic E-state index is 0.685. The van der Waals surface area contributed by atoms with Gasteiger partial charge in [0.2, 0.25) is 0 Å². The third kappa shape index (κ3) is 4.17. The summed E-state index contributed by atoms with van der Waals surface area (Å²) < 4.78 is 0. The normalized spacial score (nSPS) is 27.5. The van der Waals surface area contributed by atoms with E-state index in [1.807, 2.05) is 0 Å². The molecule has 0 aromatic rings. The van der Waals surface area contributed by atoms with E-state index in [2.05, 4.69) is 35.9 Å². The van der Waals surface area contributed by atoms with E-state index in [9.17, 15) is 0 Å². The van der Waals surface area contributed by atoms with Gasteiger partial charge in [0.25, 0.3) is 0 Å². The molecule has 0 aliphatic carbocycles. The highest BCUT2D eigenvalue weighted by molar-refractivity contribution is 4.87. The maximum atomic E-state index is 3.73. The Morgan fingerprint density at radius 1 is 1.11 bits per heavy atom. The predicted molar refractivity (Wildman–Crippen MR) is 82.6 cm³/mol. The zero-order valence-electron chi connectivity index (χ0n) is 13.2. The lowest BCUT2D eigenvalue weighted by atomic mass is 9.98. The van der Waals surface area contributed by atoms with Crippen molar-refractivity contribution in [2.24, 2.45) is 0 Å². The lowest BCUT2D eigenvalue weighted by molar-refractivity contribution is 0.0306. The van der Waals surface area contributed by atoms with Crippen LogP contribution in [0.2, 0.25) is 0 Å². The summed E-state index contributed by atoms with van der Waals surface area (Å²) in [6, 6.07) is 2.24. The lowest BCUT2D eigenvalue weighted by Gasteiger charge is -2.46. The molecule has 0 aromatic heterocycles. The van der Waals surface area contributed by atoms with Gasteiger partial charge in [0.15, 0.2) is 0 Å². The van der Waals surface area contributed by atoms with Crippen molar-refractivity contribution in [3.05, 3.63) is 0 Å². The van der Waals surface area contributed by atoms with Gasteiger partial charge in [0.1, 0.15) is 0 Å².